The van der Waals surface area contributed by atoms with E-state index in [-0.39, 0.29) is 0 Å². The molecule has 1 nitrogen and oxygen atoms in total. The van der Waals surface area contributed by atoms with Crippen molar-refractivity contribution in [2.24, 2.45) is 0 Å². The van der Waals surface area contributed by atoms with Crippen LogP contribution in [0, 0.1) is 0 Å². The van der Waals surface area contributed by atoms with Gasteiger partial charge in [0.1, 0.15) is 0 Å². The Morgan fingerprint density at radius 3 is 1.35 bits per heavy atom. The van der Waals surface area contributed by atoms with Gasteiger partial charge in [0, 0.05) is 0 Å². The molecule has 2 rings (SSSR count). The smallest absolute Gasteiger partial charge is 0.0721 e. The third kappa shape index (κ3) is 5.14. The third-order valence-corrected chi connectivity index (χ3v) is 2.22. The highest BCUT2D eigenvalue weighted by atomic mass is 16.5. The van der Waals surface area contributed by atoms with Gasteiger partial charge in [-0.3, -0.25) is 0 Å². The van der Waals surface area contributed by atoms with E-state index >= 15 is 0 Å². The standard InChI is InChI=1S/C14H14O.C2H4/c1-3-7-13(8-4-1)11-15-12-14-9-5-2-6-10-14;1-2/h1-10H,11-12H2;1-2H2. The van der Waals surface area contributed by atoms with Gasteiger partial charge in [-0.2, -0.15) is 0 Å². The predicted octanol–water partition coefficient (Wildman–Crippen LogP) is 4.21. The maximum Gasteiger partial charge on any atom is 0.0721 e. The highest BCUT2D eigenvalue weighted by Gasteiger charge is 1.93. The summed E-state index contributed by atoms with van der Waals surface area (Å²) in [4.78, 5) is 0. The number of hydrogen-bond acceptors (Lipinski definition) is 1. The fraction of sp³-hybridized carbons (Fsp3) is 0.125. The molecule has 0 aliphatic carbocycles. The fourth-order valence-electron chi connectivity index (χ4n) is 1.44. The molecule has 0 aromatic heterocycles. The molecule has 0 unspecified atom stereocenters. The van der Waals surface area contributed by atoms with E-state index in [0.29, 0.717) is 13.2 Å². The molecule has 2 aromatic carbocycles. The van der Waals surface area contributed by atoms with Crippen LogP contribution >= 0.6 is 0 Å². The van der Waals surface area contributed by atoms with Crippen molar-refractivity contribution in [1.29, 1.82) is 0 Å². The second-order valence-corrected chi connectivity index (χ2v) is 3.46. The van der Waals surface area contributed by atoms with E-state index in [1.165, 1.54) is 11.1 Å². The quantitative estimate of drug-likeness (QED) is 0.710. The second-order valence-electron chi connectivity index (χ2n) is 3.46. The van der Waals surface area contributed by atoms with Gasteiger partial charge < -0.3 is 4.74 Å². The summed E-state index contributed by atoms with van der Waals surface area (Å²) >= 11 is 0. The summed E-state index contributed by atoms with van der Waals surface area (Å²) in [5, 5.41) is 0. The van der Waals surface area contributed by atoms with Gasteiger partial charge in [0.15, 0.2) is 0 Å². The van der Waals surface area contributed by atoms with Crippen LogP contribution in [-0.2, 0) is 18.0 Å². The maximum atomic E-state index is 5.61. The van der Waals surface area contributed by atoms with Gasteiger partial charge in [0.25, 0.3) is 0 Å². The maximum absolute atomic E-state index is 5.61. The summed E-state index contributed by atoms with van der Waals surface area (Å²) in [6.45, 7) is 7.35. The molecule has 0 saturated heterocycles. The molecule has 2 aromatic rings. The largest absolute Gasteiger partial charge is 0.372 e. The van der Waals surface area contributed by atoms with E-state index in [4.69, 9.17) is 4.74 Å². The van der Waals surface area contributed by atoms with Crippen molar-refractivity contribution < 1.29 is 4.74 Å². The summed E-state index contributed by atoms with van der Waals surface area (Å²) in [5.74, 6) is 0. The lowest BCUT2D eigenvalue weighted by molar-refractivity contribution is 0.107. The first-order valence-corrected chi connectivity index (χ1v) is 5.61. The third-order valence-electron chi connectivity index (χ3n) is 2.22. The van der Waals surface area contributed by atoms with E-state index in [0.717, 1.165) is 0 Å². The Kier molecular flexibility index (Phi) is 6.46. The van der Waals surface area contributed by atoms with Gasteiger partial charge >= 0.3 is 0 Å². The van der Waals surface area contributed by atoms with E-state index in [2.05, 4.69) is 37.4 Å². The molecule has 88 valence electrons. The molecule has 0 spiro atoms. The molecule has 0 atom stereocenters. The molecular weight excluding hydrogens is 208 g/mol. The minimum atomic E-state index is 0.676. The molecule has 0 aliphatic heterocycles. The highest BCUT2D eigenvalue weighted by molar-refractivity contribution is 5.15. The van der Waals surface area contributed by atoms with Crippen molar-refractivity contribution in [3.8, 4) is 0 Å². The summed E-state index contributed by atoms with van der Waals surface area (Å²) in [6, 6.07) is 20.4. The van der Waals surface area contributed by atoms with Gasteiger partial charge in [-0.15, -0.1) is 13.2 Å². The van der Waals surface area contributed by atoms with Gasteiger partial charge in [0.05, 0.1) is 13.2 Å². The predicted molar refractivity (Wildman–Crippen MR) is 72.6 cm³/mol. The molecule has 0 fully saturated rings. The Hall–Kier alpha value is -1.86. The molecule has 0 radical (unpaired) electrons. The minimum absolute atomic E-state index is 0.676. The van der Waals surface area contributed by atoms with Crippen LogP contribution in [0.3, 0.4) is 0 Å². The Labute approximate surface area is 103 Å². The zero-order valence-corrected chi connectivity index (χ0v) is 10.0. The lowest BCUT2D eigenvalue weighted by Gasteiger charge is -2.03. The van der Waals surface area contributed by atoms with Gasteiger partial charge in [0.2, 0.25) is 0 Å². The average molecular weight is 226 g/mol. The topological polar surface area (TPSA) is 9.23 Å². The Bertz CT molecular complexity index is 355. The molecule has 1 heteroatoms. The number of hydrogen-bond donors (Lipinski definition) is 0. The molecule has 0 heterocycles. The van der Waals surface area contributed by atoms with Gasteiger partial charge in [-0.05, 0) is 11.1 Å². The van der Waals surface area contributed by atoms with Crippen LogP contribution in [0.4, 0.5) is 0 Å². The molecule has 0 amide bonds. The first kappa shape index (κ1) is 13.2. The summed E-state index contributed by atoms with van der Waals surface area (Å²) in [7, 11) is 0. The zero-order chi connectivity index (χ0) is 12.3. The molecule has 0 saturated carbocycles. The van der Waals surface area contributed by atoms with Crippen molar-refractivity contribution in [2.75, 3.05) is 0 Å². The van der Waals surface area contributed by atoms with Crippen molar-refractivity contribution in [3.05, 3.63) is 84.9 Å². The van der Waals surface area contributed by atoms with Crippen LogP contribution < -0.4 is 0 Å². The summed E-state index contributed by atoms with van der Waals surface area (Å²) in [5.41, 5.74) is 2.43. The summed E-state index contributed by atoms with van der Waals surface area (Å²) < 4.78 is 5.61. The van der Waals surface area contributed by atoms with Gasteiger partial charge in [-0.1, -0.05) is 60.7 Å². The first-order chi connectivity index (χ1) is 8.45. The van der Waals surface area contributed by atoms with E-state index in [1.54, 1.807) is 0 Å². The van der Waals surface area contributed by atoms with Crippen LogP contribution in [0.15, 0.2) is 73.8 Å². The van der Waals surface area contributed by atoms with Crippen molar-refractivity contribution in [2.45, 2.75) is 13.2 Å². The minimum Gasteiger partial charge on any atom is -0.372 e. The van der Waals surface area contributed by atoms with Gasteiger partial charge in [-0.25, -0.2) is 0 Å². The molecule has 0 bridgehead atoms. The van der Waals surface area contributed by atoms with Crippen LogP contribution in [0.5, 0.6) is 0 Å². The van der Waals surface area contributed by atoms with Crippen molar-refractivity contribution in [1.82, 2.24) is 0 Å². The second kappa shape index (κ2) is 8.31. The normalized spacial score (nSPS) is 9.18. The van der Waals surface area contributed by atoms with Crippen molar-refractivity contribution >= 4 is 0 Å². The van der Waals surface area contributed by atoms with E-state index < -0.39 is 0 Å². The highest BCUT2D eigenvalue weighted by Crippen LogP contribution is 2.05. The monoisotopic (exact) mass is 226 g/mol. The molecule has 17 heavy (non-hydrogen) atoms. The lowest BCUT2D eigenvalue weighted by atomic mass is 10.2. The van der Waals surface area contributed by atoms with Crippen molar-refractivity contribution in [3.63, 3.8) is 0 Å². The first-order valence-electron chi connectivity index (χ1n) is 5.61. The van der Waals surface area contributed by atoms with Crippen LogP contribution in [0.1, 0.15) is 11.1 Å². The zero-order valence-electron chi connectivity index (χ0n) is 10.0. The van der Waals surface area contributed by atoms with Crippen LogP contribution in [-0.4, -0.2) is 0 Å². The van der Waals surface area contributed by atoms with E-state index in [9.17, 15) is 0 Å². The fourth-order valence-corrected chi connectivity index (χ4v) is 1.44. The average Bonchev–Trinajstić information content (AvgIpc) is 2.43. The molecule has 0 N–H and O–H groups in total. The van der Waals surface area contributed by atoms with E-state index in [1.807, 2.05) is 36.4 Å². The Balaban J connectivity index is 0.000000686. The Morgan fingerprint density at radius 1 is 0.647 bits per heavy atom. The molecule has 0 aliphatic rings. The number of benzene rings is 2. The van der Waals surface area contributed by atoms with Crippen LogP contribution in [0.25, 0.3) is 0 Å². The summed E-state index contributed by atoms with van der Waals surface area (Å²) in [6.07, 6.45) is 0. The molecular formula is C16H18O. The number of rotatable bonds is 4. The lowest BCUT2D eigenvalue weighted by Crippen LogP contribution is -1.93. The van der Waals surface area contributed by atoms with Crippen LogP contribution in [0.2, 0.25) is 0 Å². The number of ether oxygens (including phenoxy) is 1. The SMILES string of the molecule is C=C.c1ccc(COCc2ccccc2)cc1. The Morgan fingerprint density at radius 2 is 1.00 bits per heavy atom.